The minimum absolute atomic E-state index is 0.209. The van der Waals surface area contributed by atoms with E-state index in [0.717, 1.165) is 31.6 Å². The smallest absolute Gasteiger partial charge is 0.241 e. The van der Waals surface area contributed by atoms with Crippen molar-refractivity contribution in [3.05, 3.63) is 27.3 Å². The molecule has 2 rings (SSSR count). The summed E-state index contributed by atoms with van der Waals surface area (Å²) >= 11 is 2.28. The van der Waals surface area contributed by atoms with Gasteiger partial charge >= 0.3 is 0 Å². The van der Waals surface area contributed by atoms with Crippen molar-refractivity contribution in [2.45, 2.75) is 19.8 Å². The molecule has 3 nitrogen and oxygen atoms in total. The number of nitrogens with zero attached hydrogens (tertiary/aromatic N) is 1. The van der Waals surface area contributed by atoms with Crippen molar-refractivity contribution in [3.8, 4) is 0 Å². The summed E-state index contributed by atoms with van der Waals surface area (Å²) in [6.45, 7) is 4.30. The molecule has 1 saturated heterocycles. The number of hydrogen-bond acceptors (Lipinski definition) is 2. The molecule has 1 aliphatic heterocycles. The van der Waals surface area contributed by atoms with E-state index in [2.05, 4.69) is 53.0 Å². The van der Waals surface area contributed by atoms with Gasteiger partial charge in [-0.15, -0.1) is 0 Å². The van der Waals surface area contributed by atoms with Crippen LogP contribution in [0, 0.1) is 10.5 Å². The Kier molecular flexibility index (Phi) is 4.25. The molecular formula is C13H17IN2O. The number of benzene rings is 1. The minimum atomic E-state index is 0.209. The van der Waals surface area contributed by atoms with Crippen molar-refractivity contribution in [1.29, 1.82) is 0 Å². The lowest BCUT2D eigenvalue weighted by Gasteiger charge is -2.16. The van der Waals surface area contributed by atoms with Gasteiger partial charge in [0.05, 0.1) is 6.54 Å². The summed E-state index contributed by atoms with van der Waals surface area (Å²) in [6, 6.07) is 6.22. The van der Waals surface area contributed by atoms with Gasteiger partial charge in [-0.05, 0) is 60.1 Å². The van der Waals surface area contributed by atoms with Crippen LogP contribution in [0.3, 0.4) is 0 Å². The molecule has 0 atom stereocenters. The van der Waals surface area contributed by atoms with E-state index in [1.165, 1.54) is 9.13 Å². The van der Waals surface area contributed by atoms with Crippen LogP contribution in [0.4, 0.5) is 5.69 Å². The highest BCUT2D eigenvalue weighted by atomic mass is 127. The van der Waals surface area contributed by atoms with Gasteiger partial charge in [-0.3, -0.25) is 4.79 Å². The molecule has 92 valence electrons. The zero-order valence-corrected chi connectivity index (χ0v) is 12.2. The van der Waals surface area contributed by atoms with Crippen LogP contribution in [-0.4, -0.2) is 30.4 Å². The molecule has 0 aliphatic carbocycles. The van der Waals surface area contributed by atoms with E-state index in [1.54, 1.807) is 0 Å². The zero-order chi connectivity index (χ0) is 12.3. The average molecular weight is 344 g/mol. The van der Waals surface area contributed by atoms with Gasteiger partial charge in [-0.25, -0.2) is 0 Å². The second-order valence-electron chi connectivity index (χ2n) is 4.40. The SMILES string of the molecule is Cc1ccc(I)cc1NCC(=O)N1CCCC1. The fraction of sp³-hybridized carbons (Fsp3) is 0.462. The van der Waals surface area contributed by atoms with Gasteiger partial charge in [-0.1, -0.05) is 6.07 Å². The van der Waals surface area contributed by atoms with Gasteiger partial charge in [0.2, 0.25) is 5.91 Å². The summed E-state index contributed by atoms with van der Waals surface area (Å²) in [5.41, 5.74) is 2.24. The van der Waals surface area contributed by atoms with Crippen molar-refractivity contribution in [2.75, 3.05) is 25.0 Å². The molecule has 0 aromatic heterocycles. The number of likely N-dealkylation sites (tertiary alicyclic amines) is 1. The van der Waals surface area contributed by atoms with Gasteiger partial charge in [-0.2, -0.15) is 0 Å². The van der Waals surface area contributed by atoms with Crippen LogP contribution in [0.2, 0.25) is 0 Å². The van der Waals surface area contributed by atoms with E-state index in [1.807, 2.05) is 4.90 Å². The number of carbonyl (C=O) groups is 1. The van der Waals surface area contributed by atoms with Crippen molar-refractivity contribution >= 4 is 34.2 Å². The van der Waals surface area contributed by atoms with Crippen LogP contribution in [0.1, 0.15) is 18.4 Å². The van der Waals surface area contributed by atoms with E-state index in [-0.39, 0.29) is 5.91 Å². The highest BCUT2D eigenvalue weighted by Gasteiger charge is 2.17. The van der Waals surface area contributed by atoms with Gasteiger partial charge in [0, 0.05) is 22.3 Å². The molecule has 0 saturated carbocycles. The first-order valence-electron chi connectivity index (χ1n) is 5.94. The van der Waals surface area contributed by atoms with Crippen LogP contribution >= 0.6 is 22.6 Å². The number of amides is 1. The molecule has 1 amide bonds. The number of halogens is 1. The van der Waals surface area contributed by atoms with Gasteiger partial charge < -0.3 is 10.2 Å². The molecule has 1 fully saturated rings. The molecule has 0 unspecified atom stereocenters. The molecule has 1 heterocycles. The highest BCUT2D eigenvalue weighted by molar-refractivity contribution is 14.1. The molecule has 0 radical (unpaired) electrons. The third-order valence-corrected chi connectivity index (χ3v) is 3.76. The van der Waals surface area contributed by atoms with E-state index in [9.17, 15) is 4.79 Å². The first-order chi connectivity index (χ1) is 8.16. The number of carbonyl (C=O) groups excluding carboxylic acids is 1. The minimum Gasteiger partial charge on any atom is -0.376 e. The van der Waals surface area contributed by atoms with Crippen molar-refractivity contribution in [2.24, 2.45) is 0 Å². The lowest BCUT2D eigenvalue weighted by atomic mass is 10.2. The summed E-state index contributed by atoms with van der Waals surface area (Å²) in [5.74, 6) is 0.209. The standard InChI is InChI=1S/C13H17IN2O/c1-10-4-5-11(14)8-12(10)15-9-13(17)16-6-2-3-7-16/h4-5,8,15H,2-3,6-7,9H2,1H3. The molecule has 0 spiro atoms. The number of hydrogen-bond donors (Lipinski definition) is 1. The highest BCUT2D eigenvalue weighted by Crippen LogP contribution is 2.18. The number of anilines is 1. The second-order valence-corrected chi connectivity index (χ2v) is 5.65. The van der Waals surface area contributed by atoms with E-state index in [4.69, 9.17) is 0 Å². The Morgan fingerprint density at radius 1 is 1.41 bits per heavy atom. The predicted molar refractivity (Wildman–Crippen MR) is 78.2 cm³/mol. The van der Waals surface area contributed by atoms with Gasteiger partial charge in [0.15, 0.2) is 0 Å². The van der Waals surface area contributed by atoms with Crippen LogP contribution in [0.15, 0.2) is 18.2 Å². The number of aryl methyl sites for hydroxylation is 1. The van der Waals surface area contributed by atoms with Crippen LogP contribution in [0.5, 0.6) is 0 Å². The Morgan fingerprint density at radius 3 is 2.82 bits per heavy atom. The Balaban J connectivity index is 1.92. The third kappa shape index (κ3) is 3.34. The number of nitrogens with one attached hydrogen (secondary N) is 1. The molecule has 1 aliphatic rings. The Bertz CT molecular complexity index is 414. The number of rotatable bonds is 3. The average Bonchev–Trinajstić information content (AvgIpc) is 2.83. The van der Waals surface area contributed by atoms with E-state index >= 15 is 0 Å². The summed E-state index contributed by atoms with van der Waals surface area (Å²) in [4.78, 5) is 13.8. The lowest BCUT2D eigenvalue weighted by molar-refractivity contribution is -0.128. The second kappa shape index (κ2) is 5.71. The lowest BCUT2D eigenvalue weighted by Crippen LogP contribution is -2.33. The van der Waals surface area contributed by atoms with Crippen LogP contribution in [0.25, 0.3) is 0 Å². The van der Waals surface area contributed by atoms with Crippen LogP contribution in [-0.2, 0) is 4.79 Å². The quantitative estimate of drug-likeness (QED) is 0.855. The largest absolute Gasteiger partial charge is 0.376 e. The normalized spacial score (nSPS) is 15.1. The topological polar surface area (TPSA) is 32.3 Å². The predicted octanol–water partition coefficient (Wildman–Crippen LogP) is 2.63. The molecule has 1 aromatic rings. The molecular weight excluding hydrogens is 327 g/mol. The van der Waals surface area contributed by atoms with Crippen LogP contribution < -0.4 is 5.32 Å². The maximum atomic E-state index is 11.9. The van der Waals surface area contributed by atoms with Gasteiger partial charge in [0.25, 0.3) is 0 Å². The monoisotopic (exact) mass is 344 g/mol. The van der Waals surface area contributed by atoms with Crippen molar-refractivity contribution in [3.63, 3.8) is 0 Å². The Labute approximate surface area is 116 Å². The maximum absolute atomic E-state index is 11.9. The first kappa shape index (κ1) is 12.7. The summed E-state index contributed by atoms with van der Waals surface area (Å²) < 4.78 is 1.18. The Morgan fingerprint density at radius 2 is 2.12 bits per heavy atom. The fourth-order valence-corrected chi connectivity index (χ4v) is 2.53. The summed E-state index contributed by atoms with van der Waals surface area (Å²) in [7, 11) is 0. The zero-order valence-electron chi connectivity index (χ0n) is 10.0. The van der Waals surface area contributed by atoms with Crippen molar-refractivity contribution in [1.82, 2.24) is 4.90 Å². The summed E-state index contributed by atoms with van der Waals surface area (Å²) in [5, 5.41) is 3.23. The van der Waals surface area contributed by atoms with E-state index < -0.39 is 0 Å². The Hall–Kier alpha value is -0.780. The third-order valence-electron chi connectivity index (χ3n) is 3.09. The maximum Gasteiger partial charge on any atom is 0.241 e. The first-order valence-corrected chi connectivity index (χ1v) is 7.02. The van der Waals surface area contributed by atoms with Gasteiger partial charge in [0.1, 0.15) is 0 Å². The molecule has 1 aromatic carbocycles. The van der Waals surface area contributed by atoms with E-state index in [0.29, 0.717) is 6.54 Å². The summed E-state index contributed by atoms with van der Waals surface area (Å²) in [6.07, 6.45) is 2.29. The molecule has 4 heteroatoms. The molecule has 17 heavy (non-hydrogen) atoms. The van der Waals surface area contributed by atoms with Crippen molar-refractivity contribution < 1.29 is 4.79 Å². The fourth-order valence-electron chi connectivity index (χ4n) is 2.03. The molecule has 0 bridgehead atoms. The molecule has 1 N–H and O–H groups in total.